The molecule has 0 aliphatic carbocycles. The minimum Gasteiger partial charge on any atom is -0.290 e. The minimum absolute atomic E-state index is 0.268. The van der Waals surface area contributed by atoms with Gasteiger partial charge in [-0.1, -0.05) is 13.8 Å². The summed E-state index contributed by atoms with van der Waals surface area (Å²) in [6, 6.07) is 0. The quantitative estimate of drug-likeness (QED) is 0.505. The third kappa shape index (κ3) is 3.53. The van der Waals surface area contributed by atoms with Crippen molar-refractivity contribution in [3.05, 3.63) is 0 Å². The Kier molecular flexibility index (Phi) is 3.08. The second-order valence-corrected chi connectivity index (χ2v) is 2.12. The van der Waals surface area contributed by atoms with Crippen molar-refractivity contribution in [1.29, 1.82) is 0 Å². The second kappa shape index (κ2) is 3.36. The van der Waals surface area contributed by atoms with Crippen LogP contribution in [0.3, 0.4) is 0 Å². The predicted octanol–water partition coefficient (Wildman–Crippen LogP) is 0.711. The van der Waals surface area contributed by atoms with Crippen molar-refractivity contribution in [3.8, 4) is 0 Å². The summed E-state index contributed by atoms with van der Waals surface area (Å²) < 4.78 is 0. The van der Waals surface area contributed by atoms with E-state index in [1.807, 2.05) is 13.8 Å². The standard InChI is InChI=1S/C6H9O2/c1-5(2)3-6(8)4-7/h5H,3H2,1-2H3. The highest BCUT2D eigenvalue weighted by atomic mass is 16.2. The molecule has 0 bridgehead atoms. The van der Waals surface area contributed by atoms with Gasteiger partial charge in [-0.05, 0) is 5.92 Å². The zero-order valence-corrected chi connectivity index (χ0v) is 5.10. The highest BCUT2D eigenvalue weighted by molar-refractivity contribution is 6.25. The van der Waals surface area contributed by atoms with Crippen LogP contribution in [-0.4, -0.2) is 12.1 Å². The number of hydrogen-bond donors (Lipinski definition) is 0. The summed E-state index contributed by atoms with van der Waals surface area (Å²) in [6.07, 6.45) is 1.63. The molecule has 0 aromatic rings. The predicted molar refractivity (Wildman–Crippen MR) is 30.2 cm³/mol. The minimum atomic E-state index is -0.431. The van der Waals surface area contributed by atoms with E-state index in [1.165, 1.54) is 6.29 Å². The van der Waals surface area contributed by atoms with Gasteiger partial charge in [0.05, 0.1) is 0 Å². The molecule has 0 amide bonds. The van der Waals surface area contributed by atoms with Crippen molar-refractivity contribution >= 4 is 12.1 Å². The van der Waals surface area contributed by atoms with Crippen LogP contribution in [0.4, 0.5) is 0 Å². The Morgan fingerprint density at radius 1 is 1.62 bits per heavy atom. The molecule has 0 fully saturated rings. The first kappa shape index (κ1) is 7.34. The van der Waals surface area contributed by atoms with E-state index in [-0.39, 0.29) is 5.92 Å². The molecule has 8 heavy (non-hydrogen) atoms. The summed E-state index contributed by atoms with van der Waals surface area (Å²) in [5.41, 5.74) is 0. The van der Waals surface area contributed by atoms with E-state index in [4.69, 9.17) is 0 Å². The SMILES string of the molecule is CC(C)CC(=O)[C]=O. The maximum atomic E-state index is 10.2. The Morgan fingerprint density at radius 2 is 2.12 bits per heavy atom. The van der Waals surface area contributed by atoms with Crippen LogP contribution in [-0.2, 0) is 9.59 Å². The Hall–Kier alpha value is -0.660. The van der Waals surface area contributed by atoms with Crippen molar-refractivity contribution in [1.82, 2.24) is 0 Å². The van der Waals surface area contributed by atoms with Crippen molar-refractivity contribution in [2.24, 2.45) is 5.92 Å². The van der Waals surface area contributed by atoms with Gasteiger partial charge in [-0.15, -0.1) is 0 Å². The number of Topliss-reactive ketones (excluding diaryl/α,β-unsaturated/α-hetero) is 1. The monoisotopic (exact) mass is 113 g/mol. The number of rotatable bonds is 3. The molecule has 0 atom stereocenters. The van der Waals surface area contributed by atoms with Crippen LogP contribution in [0.2, 0.25) is 0 Å². The molecule has 0 aromatic carbocycles. The third-order valence-electron chi connectivity index (χ3n) is 0.707. The fourth-order valence-electron chi connectivity index (χ4n) is 0.412. The van der Waals surface area contributed by atoms with Crippen LogP contribution in [0.1, 0.15) is 20.3 Å². The molecule has 1 radical (unpaired) electrons. The van der Waals surface area contributed by atoms with Gasteiger partial charge in [-0.25, -0.2) is 0 Å². The molecule has 0 spiro atoms. The lowest BCUT2D eigenvalue weighted by Gasteiger charge is -1.94. The van der Waals surface area contributed by atoms with E-state index in [2.05, 4.69) is 0 Å². The van der Waals surface area contributed by atoms with E-state index in [0.717, 1.165) is 0 Å². The largest absolute Gasteiger partial charge is 0.290 e. The molecule has 0 saturated heterocycles. The third-order valence-corrected chi connectivity index (χ3v) is 0.707. The van der Waals surface area contributed by atoms with E-state index >= 15 is 0 Å². The molecule has 0 aliphatic heterocycles. The van der Waals surface area contributed by atoms with Crippen molar-refractivity contribution in [2.75, 3.05) is 0 Å². The lowest BCUT2D eigenvalue weighted by atomic mass is 10.1. The summed E-state index contributed by atoms with van der Waals surface area (Å²) in [5.74, 6) is -0.163. The van der Waals surface area contributed by atoms with Crippen LogP contribution in [0.25, 0.3) is 0 Å². The molecule has 0 N–H and O–H groups in total. The summed E-state index contributed by atoms with van der Waals surface area (Å²) in [4.78, 5) is 19.8. The fraction of sp³-hybridized carbons (Fsp3) is 0.667. The van der Waals surface area contributed by atoms with E-state index in [1.54, 1.807) is 0 Å². The van der Waals surface area contributed by atoms with Crippen LogP contribution in [0.5, 0.6) is 0 Å². The maximum Gasteiger partial charge on any atom is 0.272 e. The average Bonchev–Trinajstić information content (AvgIpc) is 1.65. The number of carbonyl (C=O) groups excluding carboxylic acids is 2. The van der Waals surface area contributed by atoms with Gasteiger partial charge < -0.3 is 0 Å². The molecular weight excluding hydrogens is 104 g/mol. The highest BCUT2D eigenvalue weighted by Gasteiger charge is 2.02. The lowest BCUT2D eigenvalue weighted by molar-refractivity contribution is -0.113. The molecule has 0 aromatic heterocycles. The van der Waals surface area contributed by atoms with E-state index < -0.39 is 5.78 Å². The Balaban J connectivity index is 3.39. The average molecular weight is 113 g/mol. The molecular formula is C6H9O2. The maximum absolute atomic E-state index is 10.2. The Morgan fingerprint density at radius 3 is 2.25 bits per heavy atom. The molecule has 2 heteroatoms. The fourth-order valence-corrected chi connectivity index (χ4v) is 0.412. The van der Waals surface area contributed by atoms with Gasteiger partial charge in [0.1, 0.15) is 0 Å². The zero-order valence-electron chi connectivity index (χ0n) is 5.10. The van der Waals surface area contributed by atoms with Crippen LogP contribution in [0, 0.1) is 5.92 Å². The topological polar surface area (TPSA) is 34.1 Å². The number of ketones is 1. The molecule has 0 unspecified atom stereocenters. The first-order valence-corrected chi connectivity index (χ1v) is 2.57. The molecule has 0 saturated carbocycles. The van der Waals surface area contributed by atoms with Gasteiger partial charge in [-0.3, -0.25) is 9.59 Å². The molecule has 45 valence electrons. The number of carbonyl (C=O) groups is 1. The normalized spacial score (nSPS) is 9.38. The Labute approximate surface area is 48.9 Å². The van der Waals surface area contributed by atoms with Gasteiger partial charge in [0, 0.05) is 6.42 Å². The first-order chi connectivity index (χ1) is 3.66. The van der Waals surface area contributed by atoms with Crippen molar-refractivity contribution in [3.63, 3.8) is 0 Å². The molecule has 0 aliphatic rings. The summed E-state index contributed by atoms with van der Waals surface area (Å²) in [5, 5.41) is 0. The zero-order chi connectivity index (χ0) is 6.57. The van der Waals surface area contributed by atoms with E-state index in [0.29, 0.717) is 6.42 Å². The Bertz CT molecular complexity index is 94.7. The van der Waals surface area contributed by atoms with Crippen molar-refractivity contribution in [2.45, 2.75) is 20.3 Å². The van der Waals surface area contributed by atoms with Gasteiger partial charge in [0.25, 0.3) is 6.29 Å². The molecule has 0 rings (SSSR count). The van der Waals surface area contributed by atoms with Gasteiger partial charge in [0.2, 0.25) is 5.78 Å². The van der Waals surface area contributed by atoms with Gasteiger partial charge in [-0.2, -0.15) is 0 Å². The lowest BCUT2D eigenvalue weighted by Crippen LogP contribution is -2.02. The summed E-state index contributed by atoms with van der Waals surface area (Å²) in [6.45, 7) is 3.77. The van der Waals surface area contributed by atoms with Gasteiger partial charge >= 0.3 is 0 Å². The van der Waals surface area contributed by atoms with Gasteiger partial charge in [0.15, 0.2) is 0 Å². The number of hydrogen-bond acceptors (Lipinski definition) is 2. The molecule has 2 nitrogen and oxygen atoms in total. The molecule has 0 heterocycles. The van der Waals surface area contributed by atoms with Crippen LogP contribution >= 0.6 is 0 Å². The van der Waals surface area contributed by atoms with Crippen LogP contribution in [0.15, 0.2) is 0 Å². The highest BCUT2D eigenvalue weighted by Crippen LogP contribution is 1.97. The first-order valence-electron chi connectivity index (χ1n) is 2.57. The van der Waals surface area contributed by atoms with Crippen molar-refractivity contribution < 1.29 is 9.59 Å². The summed E-state index contributed by atoms with van der Waals surface area (Å²) in [7, 11) is 0. The smallest absolute Gasteiger partial charge is 0.272 e. The van der Waals surface area contributed by atoms with E-state index in [9.17, 15) is 9.59 Å². The second-order valence-electron chi connectivity index (χ2n) is 2.12. The summed E-state index contributed by atoms with van der Waals surface area (Å²) >= 11 is 0. The van der Waals surface area contributed by atoms with Crippen LogP contribution < -0.4 is 0 Å².